The number of benzene rings is 1. The zero-order valence-electron chi connectivity index (χ0n) is 13.3. The van der Waals surface area contributed by atoms with Crippen LogP contribution in [0.15, 0.2) is 18.2 Å². The van der Waals surface area contributed by atoms with Crippen molar-refractivity contribution < 1.29 is 9.13 Å². The molecule has 1 aliphatic heterocycles. The standard InChI is InChI=1S/C18H25FN2O/c1-22-18-5-4-15(19)12-17(18)21-8-6-20(7-9-21)16-11-13-2-3-14(16)10-13/h4-5,12-14,16H,2-3,6-11H2,1H3. The van der Waals surface area contributed by atoms with Gasteiger partial charge in [-0.15, -0.1) is 0 Å². The fourth-order valence-corrected chi connectivity index (χ4v) is 4.86. The Morgan fingerprint density at radius 3 is 2.55 bits per heavy atom. The lowest BCUT2D eigenvalue weighted by Gasteiger charge is -2.42. The van der Waals surface area contributed by atoms with Crippen molar-refractivity contribution in [3.8, 4) is 5.75 Å². The topological polar surface area (TPSA) is 15.7 Å². The van der Waals surface area contributed by atoms with Crippen LogP contribution in [0.1, 0.15) is 25.7 Å². The molecule has 0 spiro atoms. The van der Waals surface area contributed by atoms with E-state index in [1.54, 1.807) is 19.2 Å². The number of anilines is 1. The van der Waals surface area contributed by atoms with Crippen LogP contribution in [0.3, 0.4) is 0 Å². The van der Waals surface area contributed by atoms with E-state index < -0.39 is 0 Å². The zero-order chi connectivity index (χ0) is 15.1. The van der Waals surface area contributed by atoms with Crippen LogP contribution in [0.2, 0.25) is 0 Å². The SMILES string of the molecule is COc1ccc(F)cc1N1CCN(C2CC3CCC2C3)CC1. The van der Waals surface area contributed by atoms with Gasteiger partial charge in [0.15, 0.2) is 0 Å². The first-order valence-corrected chi connectivity index (χ1v) is 8.57. The summed E-state index contributed by atoms with van der Waals surface area (Å²) in [6.45, 7) is 4.11. The van der Waals surface area contributed by atoms with Gasteiger partial charge in [0.05, 0.1) is 12.8 Å². The van der Waals surface area contributed by atoms with E-state index >= 15 is 0 Å². The van der Waals surface area contributed by atoms with Crippen molar-refractivity contribution in [3.05, 3.63) is 24.0 Å². The maximum atomic E-state index is 13.6. The van der Waals surface area contributed by atoms with E-state index in [1.807, 2.05) is 0 Å². The van der Waals surface area contributed by atoms with Crippen molar-refractivity contribution in [1.29, 1.82) is 0 Å². The van der Waals surface area contributed by atoms with E-state index in [0.29, 0.717) is 0 Å². The summed E-state index contributed by atoms with van der Waals surface area (Å²) in [5, 5.41) is 0. The number of hydrogen-bond acceptors (Lipinski definition) is 3. The third-order valence-electron chi connectivity index (χ3n) is 5.97. The highest BCUT2D eigenvalue weighted by atomic mass is 19.1. The van der Waals surface area contributed by atoms with E-state index in [9.17, 15) is 4.39 Å². The molecule has 0 aromatic heterocycles. The largest absolute Gasteiger partial charge is 0.495 e. The molecule has 1 heterocycles. The third-order valence-corrected chi connectivity index (χ3v) is 5.97. The lowest BCUT2D eigenvalue weighted by Crippen LogP contribution is -2.51. The van der Waals surface area contributed by atoms with E-state index in [0.717, 1.165) is 55.5 Å². The first-order chi connectivity index (χ1) is 10.7. The quantitative estimate of drug-likeness (QED) is 0.853. The average Bonchev–Trinajstić information content (AvgIpc) is 3.18. The summed E-state index contributed by atoms with van der Waals surface area (Å²) in [5.41, 5.74) is 0.898. The number of methoxy groups -OCH3 is 1. The minimum Gasteiger partial charge on any atom is -0.495 e. The maximum absolute atomic E-state index is 13.6. The van der Waals surface area contributed by atoms with E-state index in [2.05, 4.69) is 9.80 Å². The summed E-state index contributed by atoms with van der Waals surface area (Å²) in [6.07, 6.45) is 5.77. The molecule has 1 aromatic rings. The molecule has 0 amide bonds. The molecule has 1 aromatic carbocycles. The van der Waals surface area contributed by atoms with E-state index in [4.69, 9.17) is 4.74 Å². The van der Waals surface area contributed by atoms with Gasteiger partial charge < -0.3 is 9.64 Å². The summed E-state index contributed by atoms with van der Waals surface area (Å²) in [4.78, 5) is 4.96. The minimum atomic E-state index is -0.189. The normalized spacial score (nSPS) is 31.7. The number of piperazine rings is 1. The van der Waals surface area contributed by atoms with Crippen LogP contribution in [0.25, 0.3) is 0 Å². The molecule has 3 unspecified atom stereocenters. The first kappa shape index (κ1) is 14.3. The van der Waals surface area contributed by atoms with Gasteiger partial charge in [-0.2, -0.15) is 0 Å². The van der Waals surface area contributed by atoms with Crippen LogP contribution in [-0.4, -0.2) is 44.2 Å². The van der Waals surface area contributed by atoms with Gasteiger partial charge in [-0.3, -0.25) is 4.90 Å². The van der Waals surface area contributed by atoms with Gasteiger partial charge in [0, 0.05) is 38.3 Å². The van der Waals surface area contributed by atoms with Gasteiger partial charge in [-0.05, 0) is 43.2 Å². The molecule has 4 heteroatoms. The molecule has 2 aliphatic carbocycles. The highest BCUT2D eigenvalue weighted by Gasteiger charge is 2.42. The van der Waals surface area contributed by atoms with Crippen molar-refractivity contribution >= 4 is 5.69 Å². The predicted octanol–water partition coefficient (Wildman–Crippen LogP) is 3.14. The summed E-state index contributed by atoms with van der Waals surface area (Å²) >= 11 is 0. The number of rotatable bonds is 3. The molecular weight excluding hydrogens is 279 g/mol. The smallest absolute Gasteiger partial charge is 0.142 e. The minimum absolute atomic E-state index is 0.189. The van der Waals surface area contributed by atoms with Crippen molar-refractivity contribution in [2.75, 3.05) is 38.2 Å². The van der Waals surface area contributed by atoms with Gasteiger partial charge in [0.25, 0.3) is 0 Å². The van der Waals surface area contributed by atoms with Crippen LogP contribution in [-0.2, 0) is 0 Å². The lowest BCUT2D eigenvalue weighted by atomic mass is 9.93. The van der Waals surface area contributed by atoms with Crippen LogP contribution in [0, 0.1) is 17.7 Å². The Kier molecular flexibility index (Phi) is 3.73. The van der Waals surface area contributed by atoms with E-state index in [-0.39, 0.29) is 5.82 Å². The molecule has 2 saturated carbocycles. The zero-order valence-corrected chi connectivity index (χ0v) is 13.3. The highest BCUT2D eigenvalue weighted by molar-refractivity contribution is 5.59. The Morgan fingerprint density at radius 2 is 1.91 bits per heavy atom. The Balaban J connectivity index is 1.43. The number of ether oxygens (including phenoxy) is 1. The number of halogens is 1. The monoisotopic (exact) mass is 304 g/mol. The maximum Gasteiger partial charge on any atom is 0.142 e. The molecule has 0 N–H and O–H groups in total. The van der Waals surface area contributed by atoms with Gasteiger partial charge in [0.1, 0.15) is 11.6 Å². The highest BCUT2D eigenvalue weighted by Crippen LogP contribution is 2.46. The van der Waals surface area contributed by atoms with Crippen LogP contribution in [0.4, 0.5) is 10.1 Å². The second-order valence-electron chi connectivity index (χ2n) is 7.08. The lowest BCUT2D eigenvalue weighted by molar-refractivity contribution is 0.134. The summed E-state index contributed by atoms with van der Waals surface area (Å²) < 4.78 is 19.0. The summed E-state index contributed by atoms with van der Waals surface area (Å²) in [7, 11) is 1.66. The molecule has 2 bridgehead atoms. The number of hydrogen-bond donors (Lipinski definition) is 0. The molecule has 3 atom stereocenters. The molecule has 3 fully saturated rings. The number of fused-ring (bicyclic) bond motifs is 2. The van der Waals surface area contributed by atoms with Crippen LogP contribution in [0.5, 0.6) is 5.75 Å². The molecule has 1 saturated heterocycles. The fourth-order valence-electron chi connectivity index (χ4n) is 4.86. The van der Waals surface area contributed by atoms with Crippen LogP contribution < -0.4 is 9.64 Å². The average molecular weight is 304 g/mol. The van der Waals surface area contributed by atoms with Gasteiger partial charge >= 0.3 is 0 Å². The Bertz CT molecular complexity index is 542. The van der Waals surface area contributed by atoms with Crippen molar-refractivity contribution in [2.45, 2.75) is 31.7 Å². The van der Waals surface area contributed by atoms with Gasteiger partial charge in [-0.1, -0.05) is 6.42 Å². The first-order valence-electron chi connectivity index (χ1n) is 8.57. The summed E-state index contributed by atoms with van der Waals surface area (Å²) in [6, 6.07) is 5.61. The van der Waals surface area contributed by atoms with E-state index in [1.165, 1.54) is 31.7 Å². The summed E-state index contributed by atoms with van der Waals surface area (Å²) in [5.74, 6) is 2.53. The molecule has 3 aliphatic rings. The van der Waals surface area contributed by atoms with Crippen molar-refractivity contribution in [1.82, 2.24) is 4.90 Å². The fraction of sp³-hybridized carbons (Fsp3) is 0.667. The Labute approximate surface area is 132 Å². The van der Waals surface area contributed by atoms with Crippen molar-refractivity contribution in [3.63, 3.8) is 0 Å². The molecule has 3 nitrogen and oxygen atoms in total. The van der Waals surface area contributed by atoms with Gasteiger partial charge in [-0.25, -0.2) is 4.39 Å². The van der Waals surface area contributed by atoms with Crippen LogP contribution >= 0.6 is 0 Å². The molecule has 0 radical (unpaired) electrons. The second kappa shape index (κ2) is 5.73. The molecule has 22 heavy (non-hydrogen) atoms. The molecule has 120 valence electrons. The van der Waals surface area contributed by atoms with Gasteiger partial charge in [0.2, 0.25) is 0 Å². The Hall–Kier alpha value is -1.29. The predicted molar refractivity (Wildman–Crippen MR) is 86.0 cm³/mol. The second-order valence-corrected chi connectivity index (χ2v) is 7.08. The number of nitrogens with zero attached hydrogens (tertiary/aromatic N) is 2. The van der Waals surface area contributed by atoms with Crippen molar-refractivity contribution in [2.24, 2.45) is 11.8 Å². The Morgan fingerprint density at radius 1 is 1.09 bits per heavy atom. The molecular formula is C18H25FN2O. The third kappa shape index (κ3) is 2.47. The molecule has 4 rings (SSSR count).